The normalized spacial score (nSPS) is 53.0. The number of epoxide rings is 1. The van der Waals surface area contributed by atoms with Crippen LogP contribution in [0.3, 0.4) is 0 Å². The number of hydrogen-bond acceptors (Lipinski definition) is 6. The smallest absolute Gasteiger partial charge is 0.334 e. The molecule has 0 aromatic carbocycles. The molecule has 6 aliphatic rings. The fourth-order valence-electron chi connectivity index (χ4n) is 8.81. The van der Waals surface area contributed by atoms with Crippen molar-refractivity contribution in [2.45, 2.75) is 96.7 Å². The molecule has 4 fully saturated rings. The summed E-state index contributed by atoms with van der Waals surface area (Å²) in [7, 11) is 0. The van der Waals surface area contributed by atoms with Gasteiger partial charge < -0.3 is 19.7 Å². The Bertz CT molecular complexity index is 1080. The number of ether oxygens (including phenoxy) is 2. The van der Waals surface area contributed by atoms with Crippen LogP contribution in [0.15, 0.2) is 34.4 Å². The molecule has 4 aliphatic carbocycles. The summed E-state index contributed by atoms with van der Waals surface area (Å²) in [5.74, 6) is 0.0142. The van der Waals surface area contributed by atoms with Crippen LogP contribution >= 0.6 is 0 Å². The lowest BCUT2D eigenvalue weighted by Crippen LogP contribution is -2.67. The highest BCUT2D eigenvalue weighted by Crippen LogP contribution is 2.71. The first-order valence-corrected chi connectivity index (χ1v) is 12.8. The third-order valence-electron chi connectivity index (χ3n) is 11.0. The standard InChI is InChI=1S/C28H36O6/c1-13-11-19(33-25(31)14(13)2)15(3)22-18(29)12-17-21-16(8-10-26(17,22)4)27(5)20(30)7-6-9-28(27,32)24-23(21)34-24/h6-7,16-19,21,23-24,29,32H,8-12H2,1-5H3/b22-15-/t16-,17-,18+,19+,21+,23-,24-,26-,27-,28-/m0/s1. The lowest BCUT2D eigenvalue weighted by molar-refractivity contribution is -0.178. The fraction of sp³-hybridized carbons (Fsp3) is 0.714. The Morgan fingerprint density at radius 2 is 1.91 bits per heavy atom. The highest BCUT2D eigenvalue weighted by Gasteiger charge is 2.77. The highest BCUT2D eigenvalue weighted by molar-refractivity contribution is 5.97. The van der Waals surface area contributed by atoms with Crippen molar-refractivity contribution in [2.24, 2.45) is 28.6 Å². The monoisotopic (exact) mass is 468 g/mol. The number of carbonyl (C=O) groups excluding carboxylic acids is 2. The first-order valence-electron chi connectivity index (χ1n) is 12.8. The SMILES string of the molecule is CC1=C(C)C(=O)O[C@@H](/C(C)=C2/[C@H](O)C[C@H]3[C@@H]4[C@@H]5O[C@@H]5[C@@]5(O)CC=CC(=O)[C@]5(C)[C@H]4CC[C@]23C)C1. The topological polar surface area (TPSA) is 96.4 Å². The molecular weight excluding hydrogens is 432 g/mol. The van der Waals surface area contributed by atoms with E-state index in [4.69, 9.17) is 9.47 Å². The second-order valence-corrected chi connectivity index (χ2v) is 12.2. The number of aliphatic hydroxyl groups is 2. The van der Waals surface area contributed by atoms with Crippen molar-refractivity contribution in [3.8, 4) is 0 Å². The van der Waals surface area contributed by atoms with E-state index in [1.165, 1.54) is 0 Å². The lowest BCUT2D eigenvalue weighted by Gasteiger charge is -2.59. The number of cyclic esters (lactones) is 1. The van der Waals surface area contributed by atoms with E-state index in [1.807, 2.05) is 20.8 Å². The van der Waals surface area contributed by atoms with Gasteiger partial charge in [-0.25, -0.2) is 4.79 Å². The highest BCUT2D eigenvalue weighted by atomic mass is 16.6. The zero-order valence-electron chi connectivity index (χ0n) is 20.8. The van der Waals surface area contributed by atoms with Crippen molar-refractivity contribution in [3.05, 3.63) is 34.4 Å². The molecule has 2 N–H and O–H groups in total. The molecule has 6 rings (SSSR count). The fourth-order valence-corrected chi connectivity index (χ4v) is 8.81. The van der Waals surface area contributed by atoms with E-state index in [0.717, 1.165) is 29.6 Å². The molecule has 1 saturated heterocycles. The van der Waals surface area contributed by atoms with E-state index in [0.29, 0.717) is 24.8 Å². The van der Waals surface area contributed by atoms with Gasteiger partial charge in [0.05, 0.1) is 17.6 Å². The minimum absolute atomic E-state index is 0.00560. The summed E-state index contributed by atoms with van der Waals surface area (Å²) in [5, 5.41) is 23.1. The number of hydrogen-bond donors (Lipinski definition) is 2. The largest absolute Gasteiger partial charge is 0.454 e. The molecule has 2 aliphatic heterocycles. The van der Waals surface area contributed by atoms with Gasteiger partial charge in [0.25, 0.3) is 0 Å². The molecule has 6 heteroatoms. The third kappa shape index (κ3) is 2.57. The van der Waals surface area contributed by atoms with Crippen LogP contribution in [0.5, 0.6) is 0 Å². The Balaban J connectivity index is 1.39. The van der Waals surface area contributed by atoms with Crippen LogP contribution in [-0.2, 0) is 19.1 Å². The van der Waals surface area contributed by atoms with Crippen molar-refractivity contribution < 1.29 is 29.3 Å². The molecule has 0 amide bonds. The quantitative estimate of drug-likeness (QED) is 0.348. The maximum absolute atomic E-state index is 13.3. The van der Waals surface area contributed by atoms with E-state index in [2.05, 4.69) is 6.92 Å². The van der Waals surface area contributed by atoms with Crippen molar-refractivity contribution in [1.29, 1.82) is 0 Å². The van der Waals surface area contributed by atoms with Crippen molar-refractivity contribution >= 4 is 11.8 Å². The first-order chi connectivity index (χ1) is 15.9. The average molecular weight is 469 g/mol. The Labute approximate surface area is 201 Å². The van der Waals surface area contributed by atoms with Crippen LogP contribution in [0.4, 0.5) is 0 Å². The summed E-state index contributed by atoms with van der Waals surface area (Å²) in [4.78, 5) is 25.7. The lowest BCUT2D eigenvalue weighted by atomic mass is 9.44. The number of carbonyl (C=O) groups is 2. The molecule has 10 atom stereocenters. The minimum atomic E-state index is -1.15. The molecule has 0 unspecified atom stereocenters. The predicted octanol–water partition coefficient (Wildman–Crippen LogP) is 3.42. The van der Waals surface area contributed by atoms with E-state index < -0.39 is 17.1 Å². The number of aliphatic hydroxyl groups excluding tert-OH is 1. The molecule has 2 heterocycles. The number of ketones is 1. The van der Waals surface area contributed by atoms with E-state index in [1.54, 1.807) is 19.1 Å². The van der Waals surface area contributed by atoms with Gasteiger partial charge in [-0.05, 0) is 93.8 Å². The zero-order valence-corrected chi connectivity index (χ0v) is 20.8. The Morgan fingerprint density at radius 3 is 2.62 bits per heavy atom. The number of fused-ring (bicyclic) bond motifs is 8. The molecular formula is C28H36O6. The predicted molar refractivity (Wildman–Crippen MR) is 124 cm³/mol. The Kier molecular flexibility index (Phi) is 4.62. The van der Waals surface area contributed by atoms with Gasteiger partial charge in [0.2, 0.25) is 0 Å². The summed E-state index contributed by atoms with van der Waals surface area (Å²) in [6.07, 6.45) is 5.45. The van der Waals surface area contributed by atoms with Gasteiger partial charge in [-0.15, -0.1) is 0 Å². The maximum atomic E-state index is 13.3. The second-order valence-electron chi connectivity index (χ2n) is 12.2. The second kappa shape index (κ2) is 6.92. The van der Waals surface area contributed by atoms with Gasteiger partial charge in [0.1, 0.15) is 17.8 Å². The Morgan fingerprint density at radius 1 is 1.18 bits per heavy atom. The molecule has 0 bridgehead atoms. The van der Waals surface area contributed by atoms with Crippen molar-refractivity contribution in [2.75, 3.05) is 0 Å². The van der Waals surface area contributed by atoms with Crippen LogP contribution in [-0.4, -0.2) is 52.0 Å². The number of allylic oxidation sites excluding steroid dienone is 1. The van der Waals surface area contributed by atoms with Gasteiger partial charge in [0, 0.05) is 12.0 Å². The molecule has 0 aromatic rings. The summed E-state index contributed by atoms with van der Waals surface area (Å²) in [6.45, 7) is 9.98. The van der Waals surface area contributed by atoms with Gasteiger partial charge >= 0.3 is 5.97 Å². The molecule has 6 nitrogen and oxygen atoms in total. The van der Waals surface area contributed by atoms with Crippen LogP contribution in [0.25, 0.3) is 0 Å². The summed E-state index contributed by atoms with van der Waals surface area (Å²) >= 11 is 0. The van der Waals surface area contributed by atoms with Crippen LogP contribution in [0, 0.1) is 28.6 Å². The van der Waals surface area contributed by atoms with Crippen LogP contribution < -0.4 is 0 Å². The zero-order chi connectivity index (χ0) is 24.4. The van der Waals surface area contributed by atoms with E-state index >= 15 is 0 Å². The minimum Gasteiger partial charge on any atom is -0.454 e. The summed E-state index contributed by atoms with van der Waals surface area (Å²) < 4.78 is 12.0. The van der Waals surface area contributed by atoms with Crippen LogP contribution in [0.1, 0.15) is 66.7 Å². The summed E-state index contributed by atoms with van der Waals surface area (Å²) in [6, 6.07) is 0. The molecule has 0 aromatic heterocycles. The van der Waals surface area contributed by atoms with Crippen molar-refractivity contribution in [1.82, 2.24) is 0 Å². The molecule has 184 valence electrons. The molecule has 0 radical (unpaired) electrons. The molecule has 3 saturated carbocycles. The third-order valence-corrected chi connectivity index (χ3v) is 11.0. The van der Waals surface area contributed by atoms with E-state index in [-0.39, 0.29) is 53.2 Å². The molecule has 34 heavy (non-hydrogen) atoms. The molecule has 0 spiro atoms. The van der Waals surface area contributed by atoms with Gasteiger partial charge in [0.15, 0.2) is 5.78 Å². The van der Waals surface area contributed by atoms with Gasteiger partial charge in [-0.2, -0.15) is 0 Å². The maximum Gasteiger partial charge on any atom is 0.334 e. The van der Waals surface area contributed by atoms with Crippen LogP contribution in [0.2, 0.25) is 0 Å². The van der Waals surface area contributed by atoms with Gasteiger partial charge in [-0.1, -0.05) is 18.6 Å². The number of rotatable bonds is 1. The summed E-state index contributed by atoms with van der Waals surface area (Å²) in [5.41, 5.74) is 1.43. The Hall–Kier alpha value is -1.76. The van der Waals surface area contributed by atoms with E-state index in [9.17, 15) is 19.8 Å². The van der Waals surface area contributed by atoms with Gasteiger partial charge in [-0.3, -0.25) is 4.79 Å². The first kappa shape index (κ1) is 22.7. The average Bonchev–Trinajstić information content (AvgIpc) is 3.53. The number of esters is 1. The van der Waals surface area contributed by atoms with Crippen molar-refractivity contribution in [3.63, 3.8) is 0 Å².